The van der Waals surface area contributed by atoms with Crippen LogP contribution in [-0.4, -0.2) is 12.0 Å². The van der Waals surface area contributed by atoms with Crippen molar-refractivity contribution >= 4 is 16.8 Å². The van der Waals surface area contributed by atoms with Gasteiger partial charge in [-0.05, 0) is 47.2 Å². The molecule has 0 saturated carbocycles. The SMILES string of the molecule is COc1ccc2ccc3c(c2c1)C=C([N+](=O)[O-])C(c1cc(F)ccc1F)O3. The molecular formula is C20H13F2NO4. The molecule has 0 spiro atoms. The van der Waals surface area contributed by atoms with Crippen LogP contribution in [0.4, 0.5) is 8.78 Å². The highest BCUT2D eigenvalue weighted by atomic mass is 19.1. The predicted octanol–water partition coefficient (Wildman–Crippen LogP) is 4.88. The van der Waals surface area contributed by atoms with E-state index in [0.717, 1.165) is 23.6 Å². The van der Waals surface area contributed by atoms with E-state index in [4.69, 9.17) is 9.47 Å². The number of methoxy groups -OCH3 is 1. The van der Waals surface area contributed by atoms with Gasteiger partial charge in [0.25, 0.3) is 5.70 Å². The summed E-state index contributed by atoms with van der Waals surface area (Å²) in [5, 5.41) is 13.2. The minimum atomic E-state index is -1.36. The number of rotatable bonds is 3. The summed E-state index contributed by atoms with van der Waals surface area (Å²) in [6, 6.07) is 11.6. The first-order valence-electron chi connectivity index (χ1n) is 8.06. The van der Waals surface area contributed by atoms with Gasteiger partial charge in [-0.3, -0.25) is 10.1 Å². The second-order valence-corrected chi connectivity index (χ2v) is 6.05. The van der Waals surface area contributed by atoms with E-state index in [0.29, 0.717) is 22.4 Å². The minimum Gasteiger partial charge on any atom is -0.497 e. The Morgan fingerprint density at radius 3 is 2.63 bits per heavy atom. The monoisotopic (exact) mass is 369 g/mol. The number of hydrogen-bond acceptors (Lipinski definition) is 4. The Kier molecular flexibility index (Phi) is 3.99. The smallest absolute Gasteiger partial charge is 0.291 e. The topological polar surface area (TPSA) is 61.6 Å². The third kappa shape index (κ3) is 2.87. The van der Waals surface area contributed by atoms with Gasteiger partial charge in [0.05, 0.1) is 12.0 Å². The van der Waals surface area contributed by atoms with Gasteiger partial charge in [-0.15, -0.1) is 0 Å². The van der Waals surface area contributed by atoms with Gasteiger partial charge in [0.1, 0.15) is 23.1 Å². The van der Waals surface area contributed by atoms with Crippen LogP contribution in [0.1, 0.15) is 17.2 Å². The van der Waals surface area contributed by atoms with Crippen molar-refractivity contribution in [2.45, 2.75) is 6.10 Å². The van der Waals surface area contributed by atoms with Crippen molar-refractivity contribution in [3.05, 3.63) is 87.1 Å². The van der Waals surface area contributed by atoms with Crippen LogP contribution in [0.5, 0.6) is 11.5 Å². The Balaban J connectivity index is 1.93. The number of nitrogens with zero attached hydrogens (tertiary/aromatic N) is 1. The summed E-state index contributed by atoms with van der Waals surface area (Å²) >= 11 is 0. The van der Waals surface area contributed by atoms with E-state index in [2.05, 4.69) is 0 Å². The van der Waals surface area contributed by atoms with E-state index in [-0.39, 0.29) is 11.3 Å². The number of ether oxygens (including phenoxy) is 2. The van der Waals surface area contributed by atoms with Gasteiger partial charge in [0.15, 0.2) is 0 Å². The predicted molar refractivity (Wildman–Crippen MR) is 95.2 cm³/mol. The molecular weight excluding hydrogens is 356 g/mol. The molecule has 1 aliphatic heterocycles. The van der Waals surface area contributed by atoms with Crippen LogP contribution in [0.2, 0.25) is 0 Å². The zero-order chi connectivity index (χ0) is 19.1. The average Bonchev–Trinajstić information content (AvgIpc) is 2.68. The van der Waals surface area contributed by atoms with Crippen LogP contribution in [0.15, 0.2) is 54.2 Å². The fourth-order valence-electron chi connectivity index (χ4n) is 3.18. The molecule has 0 bridgehead atoms. The van der Waals surface area contributed by atoms with Gasteiger partial charge in [0.2, 0.25) is 6.10 Å². The Hall–Kier alpha value is -3.48. The number of halogens is 2. The number of nitro groups is 1. The summed E-state index contributed by atoms with van der Waals surface area (Å²) in [5.74, 6) is -0.549. The van der Waals surface area contributed by atoms with Crippen LogP contribution in [0.3, 0.4) is 0 Å². The lowest BCUT2D eigenvalue weighted by Gasteiger charge is -2.24. The van der Waals surface area contributed by atoms with Crippen LogP contribution in [0, 0.1) is 21.7 Å². The minimum absolute atomic E-state index is 0.227. The first kappa shape index (κ1) is 17.0. The maximum atomic E-state index is 14.2. The third-order valence-electron chi connectivity index (χ3n) is 4.49. The molecule has 1 atom stereocenters. The van der Waals surface area contributed by atoms with Crippen molar-refractivity contribution in [2.75, 3.05) is 7.11 Å². The van der Waals surface area contributed by atoms with Gasteiger partial charge >= 0.3 is 0 Å². The van der Waals surface area contributed by atoms with Crippen molar-refractivity contribution in [2.24, 2.45) is 0 Å². The van der Waals surface area contributed by atoms with Gasteiger partial charge in [-0.2, -0.15) is 0 Å². The average molecular weight is 369 g/mol. The Morgan fingerprint density at radius 1 is 1.11 bits per heavy atom. The summed E-state index contributed by atoms with van der Waals surface area (Å²) in [4.78, 5) is 11.0. The molecule has 3 aromatic rings. The molecule has 4 rings (SSSR count). The molecule has 1 unspecified atom stereocenters. The number of benzene rings is 3. The summed E-state index contributed by atoms with van der Waals surface area (Å²) < 4.78 is 38.8. The van der Waals surface area contributed by atoms with Crippen molar-refractivity contribution < 1.29 is 23.2 Å². The van der Waals surface area contributed by atoms with Gasteiger partial charge < -0.3 is 9.47 Å². The van der Waals surface area contributed by atoms with Crippen LogP contribution in [-0.2, 0) is 0 Å². The molecule has 5 nitrogen and oxygen atoms in total. The molecule has 27 heavy (non-hydrogen) atoms. The molecule has 7 heteroatoms. The summed E-state index contributed by atoms with van der Waals surface area (Å²) in [5.41, 5.74) is -0.108. The van der Waals surface area contributed by atoms with Crippen LogP contribution >= 0.6 is 0 Å². The van der Waals surface area contributed by atoms with Gasteiger partial charge in [0, 0.05) is 17.2 Å². The summed E-state index contributed by atoms with van der Waals surface area (Å²) in [6.07, 6.45) is -0.0124. The quantitative estimate of drug-likeness (QED) is 0.488. The zero-order valence-corrected chi connectivity index (χ0v) is 14.1. The lowest BCUT2D eigenvalue weighted by molar-refractivity contribution is -0.434. The largest absolute Gasteiger partial charge is 0.497 e. The fourth-order valence-corrected chi connectivity index (χ4v) is 3.18. The number of fused-ring (bicyclic) bond motifs is 3. The first-order valence-corrected chi connectivity index (χ1v) is 8.06. The highest BCUT2D eigenvalue weighted by Gasteiger charge is 2.35. The fraction of sp³-hybridized carbons (Fsp3) is 0.100. The second-order valence-electron chi connectivity index (χ2n) is 6.05. The Bertz CT molecular complexity index is 1110. The van der Waals surface area contributed by atoms with Crippen molar-refractivity contribution in [1.29, 1.82) is 0 Å². The maximum Gasteiger partial charge on any atom is 0.291 e. The molecule has 0 aliphatic carbocycles. The van der Waals surface area contributed by atoms with E-state index in [1.807, 2.05) is 6.07 Å². The van der Waals surface area contributed by atoms with E-state index in [1.54, 1.807) is 24.3 Å². The molecule has 0 N–H and O–H groups in total. The normalized spacial score (nSPS) is 15.7. The van der Waals surface area contributed by atoms with Gasteiger partial charge in [-0.1, -0.05) is 12.1 Å². The molecule has 0 radical (unpaired) electrons. The van der Waals surface area contributed by atoms with Crippen LogP contribution < -0.4 is 9.47 Å². The number of hydrogen-bond donors (Lipinski definition) is 0. The standard InChI is InChI=1S/C20H13F2NO4/c1-26-13-5-2-11-3-7-19-15(14(11)9-13)10-18(23(24)25)20(27-19)16-8-12(21)4-6-17(16)22/h2-10,20H,1H3. The van der Waals surface area contributed by atoms with Crippen LogP contribution in [0.25, 0.3) is 16.8 Å². The molecule has 136 valence electrons. The lowest BCUT2D eigenvalue weighted by Crippen LogP contribution is -2.21. The van der Waals surface area contributed by atoms with Crippen molar-refractivity contribution in [3.8, 4) is 11.5 Å². The Morgan fingerprint density at radius 2 is 1.89 bits per heavy atom. The zero-order valence-electron chi connectivity index (χ0n) is 14.1. The molecule has 0 amide bonds. The highest BCUT2D eigenvalue weighted by Crippen LogP contribution is 2.42. The molecule has 1 heterocycles. The summed E-state index contributed by atoms with van der Waals surface area (Å²) in [6.45, 7) is 0. The van der Waals surface area contributed by atoms with E-state index in [9.17, 15) is 18.9 Å². The van der Waals surface area contributed by atoms with E-state index in [1.165, 1.54) is 13.2 Å². The van der Waals surface area contributed by atoms with E-state index < -0.39 is 22.7 Å². The highest BCUT2D eigenvalue weighted by molar-refractivity contribution is 5.94. The summed E-state index contributed by atoms with van der Waals surface area (Å²) in [7, 11) is 1.52. The molecule has 0 fully saturated rings. The van der Waals surface area contributed by atoms with E-state index >= 15 is 0 Å². The van der Waals surface area contributed by atoms with Crippen molar-refractivity contribution in [3.63, 3.8) is 0 Å². The second kappa shape index (κ2) is 6.35. The third-order valence-corrected chi connectivity index (χ3v) is 4.49. The molecule has 1 aliphatic rings. The molecule has 0 aromatic heterocycles. The molecule has 0 saturated heterocycles. The maximum absolute atomic E-state index is 14.2. The van der Waals surface area contributed by atoms with Crippen molar-refractivity contribution in [1.82, 2.24) is 0 Å². The lowest BCUT2D eigenvalue weighted by atomic mass is 9.96. The first-order chi connectivity index (χ1) is 13.0. The molecule has 3 aromatic carbocycles. The van der Waals surface area contributed by atoms with Gasteiger partial charge in [-0.25, -0.2) is 8.78 Å². The Labute approximate surface area is 152 Å².